The Morgan fingerprint density at radius 2 is 1.72 bits per heavy atom. The number of hydrogen-bond acceptors (Lipinski definition) is 5. The first kappa shape index (κ1) is 25.9. The van der Waals surface area contributed by atoms with Crippen molar-refractivity contribution in [1.29, 1.82) is 0 Å². The van der Waals surface area contributed by atoms with Crippen LogP contribution >= 0.6 is 0 Å². The van der Waals surface area contributed by atoms with E-state index in [0.29, 0.717) is 0 Å². The van der Waals surface area contributed by atoms with Gasteiger partial charge in [-0.3, -0.25) is 14.4 Å². The lowest BCUT2D eigenvalue weighted by Gasteiger charge is -2.32. The molecule has 1 heterocycles. The maximum absolute atomic E-state index is 13.5. The number of sulfonamides is 1. The van der Waals surface area contributed by atoms with Crippen LogP contribution in [0.15, 0.2) is 53.4 Å². The van der Waals surface area contributed by atoms with E-state index in [1.165, 1.54) is 23.5 Å². The molecule has 9 heteroatoms. The Balaban J connectivity index is 1.51. The second kappa shape index (κ2) is 10.8. The van der Waals surface area contributed by atoms with Crippen LogP contribution in [0.3, 0.4) is 0 Å². The number of benzene rings is 2. The summed E-state index contributed by atoms with van der Waals surface area (Å²) < 4.78 is 26.5. The number of nitrogens with one attached hydrogen (secondary N) is 1. The van der Waals surface area contributed by atoms with Crippen molar-refractivity contribution in [2.45, 2.75) is 75.9 Å². The Hall–Kier alpha value is -3.20. The average Bonchev–Trinajstić information content (AvgIpc) is 3.07. The predicted octanol–water partition coefficient (Wildman–Crippen LogP) is 3.40. The number of aryl methyl sites for hydroxylation is 1. The van der Waals surface area contributed by atoms with Crippen LogP contribution in [0.1, 0.15) is 66.9 Å². The molecule has 3 amide bonds. The molecule has 2 aromatic carbocycles. The fourth-order valence-corrected chi connectivity index (χ4v) is 6.48. The SMILES string of the molecule is Cc1ccccc1CN(C(=O)CCN1C(=O)c2ccccc2S1(=O)=O)[C@@H](C)C(=O)NC1CCCCC1. The van der Waals surface area contributed by atoms with Gasteiger partial charge in [-0.25, -0.2) is 12.7 Å². The van der Waals surface area contributed by atoms with Crippen molar-refractivity contribution in [2.24, 2.45) is 0 Å². The van der Waals surface area contributed by atoms with Crippen LogP contribution in [0.5, 0.6) is 0 Å². The van der Waals surface area contributed by atoms with Crippen molar-refractivity contribution in [3.63, 3.8) is 0 Å². The van der Waals surface area contributed by atoms with Crippen LogP contribution in [0.2, 0.25) is 0 Å². The van der Waals surface area contributed by atoms with E-state index in [9.17, 15) is 22.8 Å². The minimum absolute atomic E-state index is 0.0422. The van der Waals surface area contributed by atoms with Crippen molar-refractivity contribution in [1.82, 2.24) is 14.5 Å². The first-order chi connectivity index (χ1) is 17.2. The van der Waals surface area contributed by atoms with E-state index in [-0.39, 0.29) is 47.8 Å². The van der Waals surface area contributed by atoms with E-state index in [1.807, 2.05) is 31.2 Å². The topological polar surface area (TPSA) is 104 Å². The molecule has 1 saturated carbocycles. The van der Waals surface area contributed by atoms with Gasteiger partial charge in [0.2, 0.25) is 11.8 Å². The molecule has 1 atom stereocenters. The zero-order valence-corrected chi connectivity index (χ0v) is 21.6. The van der Waals surface area contributed by atoms with E-state index < -0.39 is 22.0 Å². The second-order valence-electron chi connectivity index (χ2n) is 9.60. The summed E-state index contributed by atoms with van der Waals surface area (Å²) in [5, 5.41) is 3.09. The largest absolute Gasteiger partial charge is 0.352 e. The van der Waals surface area contributed by atoms with Crippen LogP contribution in [-0.2, 0) is 26.2 Å². The van der Waals surface area contributed by atoms with Gasteiger partial charge in [-0.1, -0.05) is 55.7 Å². The van der Waals surface area contributed by atoms with Crippen LogP contribution < -0.4 is 5.32 Å². The van der Waals surface area contributed by atoms with Crippen molar-refractivity contribution < 1.29 is 22.8 Å². The Labute approximate surface area is 212 Å². The second-order valence-corrected chi connectivity index (χ2v) is 11.4. The van der Waals surface area contributed by atoms with Gasteiger partial charge in [0, 0.05) is 25.6 Å². The normalized spacial score (nSPS) is 17.9. The number of carbonyl (C=O) groups excluding carboxylic acids is 3. The minimum Gasteiger partial charge on any atom is -0.352 e. The van der Waals surface area contributed by atoms with Crippen molar-refractivity contribution in [3.8, 4) is 0 Å². The summed E-state index contributed by atoms with van der Waals surface area (Å²) in [6.07, 6.45) is 4.96. The zero-order valence-electron chi connectivity index (χ0n) is 20.8. The van der Waals surface area contributed by atoms with Crippen LogP contribution in [0.4, 0.5) is 0 Å². The van der Waals surface area contributed by atoms with Gasteiger partial charge in [0.25, 0.3) is 15.9 Å². The number of nitrogens with zero attached hydrogens (tertiary/aromatic N) is 2. The molecule has 0 bridgehead atoms. The van der Waals surface area contributed by atoms with Crippen LogP contribution in [-0.4, -0.2) is 54.0 Å². The maximum Gasteiger partial charge on any atom is 0.269 e. The Bertz CT molecular complexity index is 1250. The molecule has 0 saturated heterocycles. The fourth-order valence-electron chi connectivity index (χ4n) is 4.92. The number of carbonyl (C=O) groups is 3. The van der Waals surface area contributed by atoms with Crippen molar-refractivity contribution in [2.75, 3.05) is 6.54 Å². The van der Waals surface area contributed by atoms with Gasteiger partial charge < -0.3 is 10.2 Å². The predicted molar refractivity (Wildman–Crippen MR) is 135 cm³/mol. The summed E-state index contributed by atoms with van der Waals surface area (Å²) >= 11 is 0. The Kier molecular flexibility index (Phi) is 7.78. The average molecular weight is 512 g/mol. The van der Waals surface area contributed by atoms with Gasteiger partial charge in [0.15, 0.2) is 0 Å². The van der Waals surface area contributed by atoms with Gasteiger partial charge in [-0.05, 0) is 49.9 Å². The van der Waals surface area contributed by atoms with Gasteiger partial charge in [-0.2, -0.15) is 0 Å². The summed E-state index contributed by atoms with van der Waals surface area (Å²) in [5.74, 6) is -1.24. The van der Waals surface area contributed by atoms with E-state index in [0.717, 1.165) is 41.1 Å². The molecule has 1 aliphatic carbocycles. The molecule has 192 valence electrons. The van der Waals surface area contributed by atoms with E-state index in [1.54, 1.807) is 19.1 Å². The van der Waals surface area contributed by atoms with Crippen molar-refractivity contribution in [3.05, 3.63) is 65.2 Å². The third-order valence-electron chi connectivity index (χ3n) is 7.16. The smallest absolute Gasteiger partial charge is 0.269 e. The highest BCUT2D eigenvalue weighted by Gasteiger charge is 2.41. The molecule has 0 aromatic heterocycles. The first-order valence-corrected chi connectivity index (χ1v) is 13.9. The maximum atomic E-state index is 13.5. The molecule has 0 unspecified atom stereocenters. The Morgan fingerprint density at radius 1 is 1.06 bits per heavy atom. The standard InChI is InChI=1S/C27H33N3O5S/c1-19-10-6-7-11-21(19)18-29(20(2)26(32)28-22-12-4-3-5-13-22)25(31)16-17-30-27(33)23-14-8-9-15-24(23)36(30,34)35/h6-11,14-15,20,22H,3-5,12-13,16-18H2,1-2H3,(H,28,32)/t20-/m0/s1. The zero-order chi connectivity index (χ0) is 25.9. The molecular weight excluding hydrogens is 478 g/mol. The number of amides is 3. The monoisotopic (exact) mass is 511 g/mol. The molecule has 2 aliphatic rings. The van der Waals surface area contributed by atoms with E-state index >= 15 is 0 Å². The molecule has 1 fully saturated rings. The van der Waals surface area contributed by atoms with Gasteiger partial charge >= 0.3 is 0 Å². The fraction of sp³-hybridized carbons (Fsp3) is 0.444. The van der Waals surface area contributed by atoms with Crippen molar-refractivity contribution >= 4 is 27.7 Å². The highest BCUT2D eigenvalue weighted by Crippen LogP contribution is 2.30. The molecule has 1 aliphatic heterocycles. The molecule has 1 N–H and O–H groups in total. The molecule has 8 nitrogen and oxygen atoms in total. The van der Waals surface area contributed by atoms with Crippen LogP contribution in [0.25, 0.3) is 0 Å². The van der Waals surface area contributed by atoms with E-state index in [2.05, 4.69) is 5.32 Å². The third-order valence-corrected chi connectivity index (χ3v) is 9.00. The Morgan fingerprint density at radius 3 is 2.42 bits per heavy atom. The highest BCUT2D eigenvalue weighted by molar-refractivity contribution is 7.90. The summed E-state index contributed by atoms with van der Waals surface area (Å²) in [5.41, 5.74) is 2.00. The number of hydrogen-bond donors (Lipinski definition) is 1. The number of fused-ring (bicyclic) bond motifs is 1. The molecule has 2 aromatic rings. The van der Waals surface area contributed by atoms with Gasteiger partial charge in [-0.15, -0.1) is 0 Å². The lowest BCUT2D eigenvalue weighted by atomic mass is 9.95. The van der Waals surface area contributed by atoms with Gasteiger partial charge in [0.05, 0.1) is 5.56 Å². The summed E-state index contributed by atoms with van der Waals surface area (Å²) in [7, 11) is -4.00. The lowest BCUT2D eigenvalue weighted by Crippen LogP contribution is -2.51. The minimum atomic E-state index is -4.00. The summed E-state index contributed by atoms with van der Waals surface area (Å²) in [6.45, 7) is 3.57. The number of rotatable bonds is 8. The molecule has 0 radical (unpaired) electrons. The summed E-state index contributed by atoms with van der Waals surface area (Å²) in [4.78, 5) is 40.8. The quantitative estimate of drug-likeness (QED) is 0.585. The lowest BCUT2D eigenvalue weighted by molar-refractivity contribution is -0.141. The molecule has 0 spiro atoms. The molecular formula is C27H33N3O5S. The van der Waals surface area contributed by atoms with E-state index in [4.69, 9.17) is 0 Å². The first-order valence-electron chi connectivity index (χ1n) is 12.5. The highest BCUT2D eigenvalue weighted by atomic mass is 32.2. The third kappa shape index (κ3) is 5.31. The van der Waals surface area contributed by atoms with Crippen LogP contribution in [0, 0.1) is 6.92 Å². The van der Waals surface area contributed by atoms with Gasteiger partial charge in [0.1, 0.15) is 10.9 Å². The summed E-state index contributed by atoms with van der Waals surface area (Å²) in [6, 6.07) is 13.0. The molecule has 4 rings (SSSR count). The molecule has 36 heavy (non-hydrogen) atoms.